The first-order chi connectivity index (χ1) is 18.4. The number of amides is 1. The van der Waals surface area contributed by atoms with Crippen LogP contribution in [0.15, 0.2) is 83.9 Å². The van der Waals surface area contributed by atoms with Crippen LogP contribution in [-0.4, -0.2) is 35.8 Å². The van der Waals surface area contributed by atoms with Crippen LogP contribution < -0.4 is 14.8 Å². The number of ether oxygens (including phenoxy) is 2. The lowest BCUT2D eigenvalue weighted by Crippen LogP contribution is -2.15. The summed E-state index contributed by atoms with van der Waals surface area (Å²) in [6.07, 6.45) is 0. The number of carbonyl (C=O) groups excluding carboxylic acids is 1. The summed E-state index contributed by atoms with van der Waals surface area (Å²) >= 11 is 1.08. The summed E-state index contributed by atoms with van der Waals surface area (Å²) < 4.78 is 10.3. The summed E-state index contributed by atoms with van der Waals surface area (Å²) in [7, 11) is 2.98. The van der Waals surface area contributed by atoms with Gasteiger partial charge in [-0.1, -0.05) is 54.2 Å². The monoisotopic (exact) mass is 526 g/mol. The van der Waals surface area contributed by atoms with E-state index < -0.39 is 10.8 Å². The molecule has 4 rings (SSSR count). The molecule has 3 aromatic carbocycles. The van der Waals surface area contributed by atoms with Crippen LogP contribution in [0.4, 0.5) is 11.4 Å². The highest BCUT2D eigenvalue weighted by molar-refractivity contribution is 8.00. The zero-order valence-corrected chi connectivity index (χ0v) is 21.3. The third kappa shape index (κ3) is 5.91. The minimum absolute atomic E-state index is 0.0480. The molecule has 10 heteroatoms. The highest BCUT2D eigenvalue weighted by Crippen LogP contribution is 2.35. The molecule has 0 radical (unpaired) electrons. The summed E-state index contributed by atoms with van der Waals surface area (Å²) in [5, 5.41) is 24.5. The molecule has 0 bridgehead atoms. The van der Waals surface area contributed by atoms with Crippen LogP contribution in [0.3, 0.4) is 0 Å². The average Bonchev–Trinajstić information content (AvgIpc) is 2.96. The van der Waals surface area contributed by atoms with Gasteiger partial charge in [-0.2, -0.15) is 5.26 Å². The van der Waals surface area contributed by atoms with Gasteiger partial charge in [0.15, 0.2) is 0 Å². The van der Waals surface area contributed by atoms with Gasteiger partial charge in [0.2, 0.25) is 5.91 Å². The van der Waals surface area contributed by atoms with Gasteiger partial charge < -0.3 is 14.8 Å². The van der Waals surface area contributed by atoms with E-state index in [4.69, 9.17) is 14.5 Å². The lowest BCUT2D eigenvalue weighted by molar-refractivity contribution is -0.384. The lowest BCUT2D eigenvalue weighted by atomic mass is 9.99. The van der Waals surface area contributed by atoms with Crippen LogP contribution in [0.5, 0.6) is 11.5 Å². The van der Waals surface area contributed by atoms with Crippen molar-refractivity contribution in [3.63, 3.8) is 0 Å². The number of nitrogens with zero attached hydrogens (tertiary/aromatic N) is 3. The van der Waals surface area contributed by atoms with Crippen LogP contribution in [0.1, 0.15) is 5.56 Å². The molecule has 4 aromatic rings. The molecule has 0 aliphatic carbocycles. The molecule has 9 nitrogen and oxygen atoms in total. The van der Waals surface area contributed by atoms with Gasteiger partial charge in [0.05, 0.1) is 42.2 Å². The minimum Gasteiger partial charge on any atom is -0.497 e. The number of rotatable bonds is 9. The molecule has 0 aliphatic heterocycles. The molecule has 0 saturated carbocycles. The van der Waals surface area contributed by atoms with Gasteiger partial charge in [-0.25, -0.2) is 4.98 Å². The standard InChI is InChI=1S/C28H22N4O5S/c1-36-20-10-8-18(9-11-20)22-15-25(19-6-4-3-5-7-19)31-28(23(22)16-29)38-17-27(33)30-24-13-12-21(37-2)14-26(24)32(34)35/h3-15H,17H2,1-2H3,(H,30,33). The smallest absolute Gasteiger partial charge is 0.296 e. The van der Waals surface area contributed by atoms with Gasteiger partial charge in [0.25, 0.3) is 5.69 Å². The van der Waals surface area contributed by atoms with E-state index >= 15 is 0 Å². The SMILES string of the molecule is COc1ccc(-c2cc(-c3ccccc3)nc(SCC(=O)Nc3ccc(OC)cc3[N+](=O)[O-])c2C#N)cc1. The number of hydrogen-bond donors (Lipinski definition) is 1. The molecular formula is C28H22N4O5S. The topological polar surface area (TPSA) is 127 Å². The summed E-state index contributed by atoms with van der Waals surface area (Å²) in [4.78, 5) is 28.3. The van der Waals surface area contributed by atoms with E-state index in [1.807, 2.05) is 48.5 Å². The summed E-state index contributed by atoms with van der Waals surface area (Å²) in [5.41, 5.74) is 3.04. The van der Waals surface area contributed by atoms with Crippen molar-refractivity contribution in [3.05, 3.63) is 94.5 Å². The number of nitro groups is 1. The van der Waals surface area contributed by atoms with Crippen molar-refractivity contribution < 1.29 is 19.2 Å². The Morgan fingerprint density at radius 1 is 1.00 bits per heavy atom. The maximum absolute atomic E-state index is 12.8. The maximum atomic E-state index is 12.8. The molecule has 0 saturated heterocycles. The Hall–Kier alpha value is -4.88. The average molecular weight is 527 g/mol. The number of aromatic nitrogens is 1. The molecular weight excluding hydrogens is 504 g/mol. The van der Waals surface area contributed by atoms with Crippen molar-refractivity contribution in [1.82, 2.24) is 4.98 Å². The van der Waals surface area contributed by atoms with E-state index in [1.54, 1.807) is 19.2 Å². The van der Waals surface area contributed by atoms with Crippen molar-refractivity contribution in [2.45, 2.75) is 5.03 Å². The fourth-order valence-corrected chi connectivity index (χ4v) is 4.51. The van der Waals surface area contributed by atoms with Crippen molar-refractivity contribution in [2.75, 3.05) is 25.3 Å². The van der Waals surface area contributed by atoms with E-state index in [1.165, 1.54) is 25.3 Å². The van der Waals surface area contributed by atoms with Crippen molar-refractivity contribution in [3.8, 4) is 40.0 Å². The number of methoxy groups -OCH3 is 2. The maximum Gasteiger partial charge on any atom is 0.296 e. The fourth-order valence-electron chi connectivity index (χ4n) is 3.70. The number of nitrogens with one attached hydrogen (secondary N) is 1. The number of pyridine rings is 1. The highest BCUT2D eigenvalue weighted by Gasteiger charge is 2.20. The predicted octanol–water partition coefficient (Wildman–Crippen LogP) is 5.94. The molecule has 1 heterocycles. The molecule has 190 valence electrons. The van der Waals surface area contributed by atoms with Crippen LogP contribution >= 0.6 is 11.8 Å². The zero-order valence-electron chi connectivity index (χ0n) is 20.5. The molecule has 1 aromatic heterocycles. The van der Waals surface area contributed by atoms with Gasteiger partial charge >= 0.3 is 0 Å². The summed E-state index contributed by atoms with van der Waals surface area (Å²) in [6.45, 7) is 0. The lowest BCUT2D eigenvalue weighted by Gasteiger charge is -2.13. The molecule has 0 unspecified atom stereocenters. The van der Waals surface area contributed by atoms with E-state index in [9.17, 15) is 20.2 Å². The molecule has 1 N–H and O–H groups in total. The Balaban J connectivity index is 1.66. The largest absolute Gasteiger partial charge is 0.497 e. The Morgan fingerprint density at radius 2 is 1.68 bits per heavy atom. The molecule has 0 fully saturated rings. The van der Waals surface area contributed by atoms with Gasteiger partial charge in [0, 0.05) is 11.1 Å². The highest BCUT2D eigenvalue weighted by atomic mass is 32.2. The van der Waals surface area contributed by atoms with Crippen LogP contribution in [0.25, 0.3) is 22.4 Å². The number of hydrogen-bond acceptors (Lipinski definition) is 8. The summed E-state index contributed by atoms with van der Waals surface area (Å²) in [5.74, 6) is 0.384. The van der Waals surface area contributed by atoms with Gasteiger partial charge in [0.1, 0.15) is 28.3 Å². The third-order valence-electron chi connectivity index (χ3n) is 5.58. The van der Waals surface area contributed by atoms with Crippen LogP contribution in [0.2, 0.25) is 0 Å². The van der Waals surface area contributed by atoms with Gasteiger partial charge in [-0.15, -0.1) is 0 Å². The second kappa shape index (κ2) is 11.9. The Morgan fingerprint density at radius 3 is 2.32 bits per heavy atom. The first-order valence-corrected chi connectivity index (χ1v) is 12.3. The normalized spacial score (nSPS) is 10.3. The Kier molecular flexibility index (Phi) is 8.20. The van der Waals surface area contributed by atoms with Crippen molar-refractivity contribution >= 4 is 29.0 Å². The second-order valence-electron chi connectivity index (χ2n) is 7.92. The van der Waals surface area contributed by atoms with E-state index in [0.717, 1.165) is 22.9 Å². The first-order valence-electron chi connectivity index (χ1n) is 11.3. The van der Waals surface area contributed by atoms with Gasteiger partial charge in [-0.05, 0) is 35.9 Å². The van der Waals surface area contributed by atoms with Crippen molar-refractivity contribution in [1.29, 1.82) is 5.26 Å². The van der Waals surface area contributed by atoms with E-state index in [-0.39, 0.29) is 17.1 Å². The number of nitro benzene ring substituents is 1. The fraction of sp³-hybridized carbons (Fsp3) is 0.107. The van der Waals surface area contributed by atoms with E-state index in [2.05, 4.69) is 11.4 Å². The number of thioether (sulfide) groups is 1. The molecule has 0 atom stereocenters. The predicted molar refractivity (Wildman–Crippen MR) is 145 cm³/mol. The third-order valence-corrected chi connectivity index (χ3v) is 6.56. The molecule has 0 spiro atoms. The van der Waals surface area contributed by atoms with Crippen molar-refractivity contribution in [2.24, 2.45) is 0 Å². The minimum atomic E-state index is -0.592. The van der Waals surface area contributed by atoms with Crippen LogP contribution in [0, 0.1) is 21.4 Å². The first kappa shape index (κ1) is 26.2. The number of nitriles is 1. The second-order valence-corrected chi connectivity index (χ2v) is 8.88. The number of anilines is 1. The quantitative estimate of drug-likeness (QED) is 0.161. The van der Waals surface area contributed by atoms with E-state index in [0.29, 0.717) is 33.3 Å². The molecule has 1 amide bonds. The van der Waals surface area contributed by atoms with Crippen LogP contribution in [-0.2, 0) is 4.79 Å². The van der Waals surface area contributed by atoms with Gasteiger partial charge in [-0.3, -0.25) is 14.9 Å². The summed E-state index contributed by atoms with van der Waals surface area (Å²) in [6, 6.07) is 25.1. The number of benzene rings is 3. The zero-order chi connectivity index (χ0) is 27.1. The molecule has 38 heavy (non-hydrogen) atoms. The Bertz CT molecular complexity index is 1520. The Labute approximate surface area is 223 Å². The molecule has 0 aliphatic rings. The number of carbonyl (C=O) groups is 1.